The first-order chi connectivity index (χ1) is 6.78. The number of nitrogens with zero attached hydrogens (tertiary/aromatic N) is 2. The minimum absolute atomic E-state index is 0.507. The number of nitrogens with one attached hydrogen (secondary N) is 1. The Bertz CT molecular complexity index is 302. The average Bonchev–Trinajstić information content (AvgIpc) is 2.76. The molecule has 1 saturated carbocycles. The topological polar surface area (TPSA) is 51.0 Å². The fourth-order valence-corrected chi connectivity index (χ4v) is 2.61. The lowest BCUT2D eigenvalue weighted by molar-refractivity contribution is 0.421. The zero-order valence-corrected chi connectivity index (χ0v) is 9.30. The van der Waals surface area contributed by atoms with Gasteiger partial charge in [-0.2, -0.15) is 16.7 Å². The van der Waals surface area contributed by atoms with E-state index in [9.17, 15) is 0 Å². The molecule has 0 aromatic carbocycles. The molecule has 1 aliphatic rings. The molecule has 1 aliphatic carbocycles. The quantitative estimate of drug-likeness (QED) is 0.833. The Hall–Kier alpha value is -0.710. The Labute approximate surface area is 87.8 Å². The molecular formula is C9H15N3OS. The predicted octanol–water partition coefficient (Wildman–Crippen LogP) is 2.07. The summed E-state index contributed by atoms with van der Waals surface area (Å²) in [6.45, 7) is 1.83. The Morgan fingerprint density at radius 2 is 2.36 bits per heavy atom. The highest BCUT2D eigenvalue weighted by molar-refractivity contribution is 7.99. The molecule has 1 fully saturated rings. The number of aromatic nitrogens is 2. The van der Waals surface area contributed by atoms with Crippen molar-refractivity contribution in [2.45, 2.75) is 37.5 Å². The molecule has 1 aromatic heterocycles. The number of thioether (sulfide) groups is 1. The van der Waals surface area contributed by atoms with Crippen LogP contribution in [0.5, 0.6) is 0 Å². The zero-order valence-electron chi connectivity index (χ0n) is 8.49. The van der Waals surface area contributed by atoms with E-state index in [1.807, 2.05) is 18.7 Å². The van der Waals surface area contributed by atoms with Gasteiger partial charge in [-0.15, -0.1) is 0 Å². The van der Waals surface area contributed by atoms with Crippen molar-refractivity contribution < 1.29 is 4.52 Å². The van der Waals surface area contributed by atoms with Crippen LogP contribution in [-0.4, -0.2) is 27.7 Å². The van der Waals surface area contributed by atoms with E-state index < -0.39 is 0 Å². The molecule has 1 N–H and O–H groups in total. The number of aryl methyl sites for hydroxylation is 1. The van der Waals surface area contributed by atoms with Crippen LogP contribution in [0.15, 0.2) is 4.52 Å². The normalized spacial score (nSPS) is 26.7. The smallest absolute Gasteiger partial charge is 0.321 e. The number of rotatable bonds is 3. The highest BCUT2D eigenvalue weighted by Crippen LogP contribution is 2.29. The summed E-state index contributed by atoms with van der Waals surface area (Å²) in [6.07, 6.45) is 5.85. The van der Waals surface area contributed by atoms with Crippen LogP contribution >= 0.6 is 11.8 Å². The van der Waals surface area contributed by atoms with Gasteiger partial charge in [0.1, 0.15) is 0 Å². The summed E-state index contributed by atoms with van der Waals surface area (Å²) in [6, 6.07) is 1.07. The van der Waals surface area contributed by atoms with Crippen LogP contribution in [0, 0.1) is 6.92 Å². The molecule has 78 valence electrons. The van der Waals surface area contributed by atoms with E-state index in [0.717, 1.165) is 5.25 Å². The van der Waals surface area contributed by atoms with Crippen molar-refractivity contribution in [3.63, 3.8) is 0 Å². The van der Waals surface area contributed by atoms with E-state index in [2.05, 4.69) is 21.7 Å². The lowest BCUT2D eigenvalue weighted by Gasteiger charge is -2.09. The van der Waals surface area contributed by atoms with Gasteiger partial charge in [0.05, 0.1) is 0 Å². The van der Waals surface area contributed by atoms with E-state index in [0.29, 0.717) is 17.9 Å². The Morgan fingerprint density at radius 1 is 1.50 bits per heavy atom. The van der Waals surface area contributed by atoms with E-state index in [1.54, 1.807) is 0 Å². The van der Waals surface area contributed by atoms with Gasteiger partial charge in [0, 0.05) is 11.3 Å². The maximum Gasteiger partial charge on any atom is 0.321 e. The van der Waals surface area contributed by atoms with Crippen molar-refractivity contribution >= 4 is 17.8 Å². The largest absolute Gasteiger partial charge is 0.335 e. The van der Waals surface area contributed by atoms with Crippen LogP contribution in [0.2, 0.25) is 0 Å². The second-order valence-corrected chi connectivity index (χ2v) is 4.80. The monoisotopic (exact) mass is 213 g/mol. The van der Waals surface area contributed by atoms with Gasteiger partial charge in [-0.05, 0) is 32.4 Å². The summed E-state index contributed by atoms with van der Waals surface area (Å²) >= 11 is 1.95. The molecule has 0 aliphatic heterocycles. The molecule has 1 aromatic rings. The third kappa shape index (κ3) is 2.20. The third-order valence-corrected chi connectivity index (χ3v) is 3.67. The van der Waals surface area contributed by atoms with Crippen molar-refractivity contribution in [2.75, 3.05) is 11.6 Å². The summed E-state index contributed by atoms with van der Waals surface area (Å²) < 4.78 is 5.02. The molecule has 14 heavy (non-hydrogen) atoms. The van der Waals surface area contributed by atoms with Gasteiger partial charge in [-0.1, -0.05) is 5.16 Å². The second kappa shape index (κ2) is 4.21. The summed E-state index contributed by atoms with van der Waals surface area (Å²) in [4.78, 5) is 4.13. The van der Waals surface area contributed by atoms with Gasteiger partial charge in [-0.3, -0.25) is 0 Å². The fraction of sp³-hybridized carbons (Fsp3) is 0.778. The zero-order chi connectivity index (χ0) is 9.97. The predicted molar refractivity (Wildman–Crippen MR) is 57.6 cm³/mol. The van der Waals surface area contributed by atoms with Crippen molar-refractivity contribution in [3.8, 4) is 0 Å². The molecule has 0 spiro atoms. The Morgan fingerprint density at radius 3 is 2.93 bits per heavy atom. The van der Waals surface area contributed by atoms with Crippen LogP contribution in [0.3, 0.4) is 0 Å². The first kappa shape index (κ1) is 9.83. The molecule has 0 radical (unpaired) electrons. The molecule has 4 nitrogen and oxygen atoms in total. The average molecular weight is 213 g/mol. The molecule has 0 saturated heterocycles. The van der Waals surface area contributed by atoms with E-state index in [-0.39, 0.29) is 0 Å². The molecule has 2 atom stereocenters. The third-order valence-electron chi connectivity index (χ3n) is 2.57. The first-order valence-corrected chi connectivity index (χ1v) is 6.16. The van der Waals surface area contributed by atoms with Crippen molar-refractivity contribution in [1.29, 1.82) is 0 Å². The summed E-state index contributed by atoms with van der Waals surface area (Å²) in [5, 5.41) is 7.80. The lowest BCUT2D eigenvalue weighted by Crippen LogP contribution is -2.16. The van der Waals surface area contributed by atoms with Crippen LogP contribution in [-0.2, 0) is 0 Å². The highest BCUT2D eigenvalue weighted by atomic mass is 32.2. The maximum atomic E-state index is 5.02. The van der Waals surface area contributed by atoms with Gasteiger partial charge in [0.2, 0.25) is 0 Å². The summed E-state index contributed by atoms with van der Waals surface area (Å²) in [5.41, 5.74) is 0. The standard InChI is InChI=1S/C9H15N3OS/c1-6-10-9(13-12-6)11-7-3-4-8(5-7)14-2/h7-8H,3-5H2,1-2H3,(H,10,11,12). The highest BCUT2D eigenvalue weighted by Gasteiger charge is 2.24. The van der Waals surface area contributed by atoms with Gasteiger partial charge >= 0.3 is 6.01 Å². The Kier molecular flexibility index (Phi) is 2.96. The molecule has 0 amide bonds. The van der Waals surface area contributed by atoms with Gasteiger partial charge < -0.3 is 9.84 Å². The van der Waals surface area contributed by atoms with E-state index >= 15 is 0 Å². The number of anilines is 1. The van der Waals surface area contributed by atoms with Crippen LogP contribution in [0.4, 0.5) is 6.01 Å². The molecule has 1 heterocycles. The SMILES string of the molecule is CSC1CCC(Nc2nc(C)no2)C1. The molecular weight excluding hydrogens is 198 g/mol. The van der Waals surface area contributed by atoms with Gasteiger partial charge in [-0.25, -0.2) is 0 Å². The minimum atomic E-state index is 0.507. The number of hydrogen-bond acceptors (Lipinski definition) is 5. The maximum absolute atomic E-state index is 5.02. The molecule has 2 rings (SSSR count). The van der Waals surface area contributed by atoms with Crippen molar-refractivity contribution in [1.82, 2.24) is 10.1 Å². The van der Waals surface area contributed by atoms with Crippen LogP contribution in [0.1, 0.15) is 25.1 Å². The molecule has 0 bridgehead atoms. The Balaban J connectivity index is 1.87. The molecule has 5 heteroatoms. The van der Waals surface area contributed by atoms with Gasteiger partial charge in [0.25, 0.3) is 0 Å². The van der Waals surface area contributed by atoms with E-state index in [1.165, 1.54) is 19.3 Å². The van der Waals surface area contributed by atoms with Crippen molar-refractivity contribution in [2.24, 2.45) is 0 Å². The summed E-state index contributed by atoms with van der Waals surface area (Å²) in [7, 11) is 0. The van der Waals surface area contributed by atoms with Gasteiger partial charge in [0.15, 0.2) is 5.82 Å². The molecule has 2 unspecified atom stereocenters. The van der Waals surface area contributed by atoms with E-state index in [4.69, 9.17) is 4.52 Å². The lowest BCUT2D eigenvalue weighted by atomic mass is 10.3. The van der Waals surface area contributed by atoms with Crippen LogP contribution < -0.4 is 5.32 Å². The second-order valence-electron chi connectivity index (χ2n) is 3.66. The summed E-state index contributed by atoms with van der Waals surface area (Å²) in [5.74, 6) is 0.687. The minimum Gasteiger partial charge on any atom is -0.335 e. The van der Waals surface area contributed by atoms with Crippen LogP contribution in [0.25, 0.3) is 0 Å². The number of hydrogen-bond donors (Lipinski definition) is 1. The fourth-order valence-electron chi connectivity index (χ4n) is 1.82. The van der Waals surface area contributed by atoms with Crippen molar-refractivity contribution in [3.05, 3.63) is 5.82 Å². The first-order valence-electron chi connectivity index (χ1n) is 4.87.